The zero-order chi connectivity index (χ0) is 13.5. The minimum atomic E-state index is -0.948. The van der Waals surface area contributed by atoms with Crippen molar-refractivity contribution >= 4 is 12.0 Å². The highest BCUT2D eigenvalue weighted by Crippen LogP contribution is 2.08. The fourth-order valence-electron chi connectivity index (χ4n) is 1.94. The molecular formula is C11H21N3O4. The first-order valence-electron chi connectivity index (χ1n) is 6.06. The number of methoxy groups -OCH3 is 1. The van der Waals surface area contributed by atoms with Crippen LogP contribution in [0.1, 0.15) is 19.3 Å². The van der Waals surface area contributed by atoms with Crippen molar-refractivity contribution in [2.75, 3.05) is 26.7 Å². The van der Waals surface area contributed by atoms with Crippen LogP contribution in [0.3, 0.4) is 0 Å². The molecule has 0 bridgehead atoms. The Hall–Kier alpha value is -1.34. The van der Waals surface area contributed by atoms with Crippen LogP contribution in [0.2, 0.25) is 0 Å². The molecule has 1 heterocycles. The van der Waals surface area contributed by atoms with Gasteiger partial charge in [0.1, 0.15) is 0 Å². The second-order valence-corrected chi connectivity index (χ2v) is 4.49. The van der Waals surface area contributed by atoms with Crippen molar-refractivity contribution in [1.29, 1.82) is 0 Å². The lowest BCUT2D eigenvalue weighted by molar-refractivity contribution is -0.139. The van der Waals surface area contributed by atoms with Crippen LogP contribution in [0.5, 0.6) is 0 Å². The summed E-state index contributed by atoms with van der Waals surface area (Å²) in [6.45, 7) is 1.42. The number of hydrogen-bond donors (Lipinski definition) is 3. The van der Waals surface area contributed by atoms with E-state index in [9.17, 15) is 9.59 Å². The summed E-state index contributed by atoms with van der Waals surface area (Å²) in [7, 11) is 1.43. The molecule has 2 unspecified atom stereocenters. The molecule has 0 spiro atoms. The number of nitrogens with zero attached hydrogens (tertiary/aromatic N) is 1. The highest BCUT2D eigenvalue weighted by molar-refractivity contribution is 5.74. The van der Waals surface area contributed by atoms with Crippen molar-refractivity contribution in [3.63, 3.8) is 0 Å². The minimum Gasteiger partial charge on any atom is -0.481 e. The number of nitrogens with one attached hydrogen (secondary N) is 1. The van der Waals surface area contributed by atoms with Crippen LogP contribution in [0, 0.1) is 0 Å². The average Bonchev–Trinajstić information content (AvgIpc) is 2.33. The SMILES string of the molecule is COC(CNC(=O)N1CCCC(N)C1)CC(=O)O. The Morgan fingerprint density at radius 3 is 2.89 bits per heavy atom. The van der Waals surface area contributed by atoms with Crippen LogP contribution in [-0.2, 0) is 9.53 Å². The molecule has 18 heavy (non-hydrogen) atoms. The quantitative estimate of drug-likeness (QED) is 0.623. The number of nitrogens with two attached hydrogens (primary N) is 1. The molecule has 1 rings (SSSR count). The van der Waals surface area contributed by atoms with Gasteiger partial charge in [-0.25, -0.2) is 4.79 Å². The Morgan fingerprint density at radius 2 is 2.33 bits per heavy atom. The average molecular weight is 259 g/mol. The Kier molecular flexibility index (Phi) is 5.87. The fraction of sp³-hybridized carbons (Fsp3) is 0.818. The number of piperidine rings is 1. The third-order valence-electron chi connectivity index (χ3n) is 2.96. The maximum Gasteiger partial charge on any atom is 0.317 e. The van der Waals surface area contributed by atoms with E-state index in [0.29, 0.717) is 13.1 Å². The molecule has 0 aromatic heterocycles. The summed E-state index contributed by atoms with van der Waals surface area (Å²) in [5, 5.41) is 11.3. The Balaban J connectivity index is 2.32. The molecule has 1 saturated heterocycles. The molecule has 0 aromatic rings. The van der Waals surface area contributed by atoms with Crippen LogP contribution in [0.15, 0.2) is 0 Å². The van der Waals surface area contributed by atoms with E-state index in [-0.39, 0.29) is 25.0 Å². The molecule has 7 nitrogen and oxygen atoms in total. The molecule has 1 fully saturated rings. The van der Waals surface area contributed by atoms with Crippen molar-refractivity contribution in [3.05, 3.63) is 0 Å². The van der Waals surface area contributed by atoms with Crippen LogP contribution in [-0.4, -0.2) is 60.9 Å². The maximum atomic E-state index is 11.8. The van der Waals surface area contributed by atoms with Gasteiger partial charge in [0, 0.05) is 32.8 Å². The summed E-state index contributed by atoms with van der Waals surface area (Å²) in [6.07, 6.45) is 1.20. The van der Waals surface area contributed by atoms with Crippen molar-refractivity contribution in [1.82, 2.24) is 10.2 Å². The van der Waals surface area contributed by atoms with Gasteiger partial charge in [-0.15, -0.1) is 0 Å². The monoisotopic (exact) mass is 259 g/mol. The van der Waals surface area contributed by atoms with E-state index in [2.05, 4.69) is 5.32 Å². The number of urea groups is 1. The normalized spacial score (nSPS) is 21.4. The van der Waals surface area contributed by atoms with E-state index in [1.54, 1.807) is 4.90 Å². The van der Waals surface area contributed by atoms with Gasteiger partial charge in [0.05, 0.1) is 12.5 Å². The minimum absolute atomic E-state index is 0.0294. The fourth-order valence-corrected chi connectivity index (χ4v) is 1.94. The number of aliphatic carboxylic acids is 1. The van der Waals surface area contributed by atoms with E-state index in [1.807, 2.05) is 0 Å². The van der Waals surface area contributed by atoms with Gasteiger partial charge in [-0.05, 0) is 12.8 Å². The highest BCUT2D eigenvalue weighted by atomic mass is 16.5. The van der Waals surface area contributed by atoms with E-state index in [0.717, 1.165) is 12.8 Å². The first-order valence-corrected chi connectivity index (χ1v) is 6.06. The first kappa shape index (κ1) is 14.7. The number of carboxylic acid groups (broad SMARTS) is 1. The molecule has 104 valence electrons. The summed E-state index contributed by atoms with van der Waals surface area (Å²) in [5.74, 6) is -0.948. The molecule has 0 radical (unpaired) electrons. The summed E-state index contributed by atoms with van der Waals surface area (Å²) in [6, 6.07) is -0.181. The van der Waals surface area contributed by atoms with Crippen LogP contribution in [0.25, 0.3) is 0 Å². The lowest BCUT2D eigenvalue weighted by Gasteiger charge is -2.31. The Bertz CT molecular complexity index is 298. The lowest BCUT2D eigenvalue weighted by Crippen LogP contribution is -2.50. The first-order chi connectivity index (χ1) is 8.52. The van der Waals surface area contributed by atoms with Crippen LogP contribution < -0.4 is 11.1 Å². The van der Waals surface area contributed by atoms with Crippen molar-refractivity contribution < 1.29 is 19.4 Å². The molecule has 4 N–H and O–H groups in total. The van der Waals surface area contributed by atoms with E-state index in [4.69, 9.17) is 15.6 Å². The zero-order valence-corrected chi connectivity index (χ0v) is 10.6. The van der Waals surface area contributed by atoms with Crippen molar-refractivity contribution in [2.24, 2.45) is 5.73 Å². The van der Waals surface area contributed by atoms with Crippen LogP contribution >= 0.6 is 0 Å². The predicted octanol–water partition coefficient (Wildman–Crippen LogP) is -0.391. The highest BCUT2D eigenvalue weighted by Gasteiger charge is 2.22. The van der Waals surface area contributed by atoms with Gasteiger partial charge in [-0.3, -0.25) is 4.79 Å². The summed E-state index contributed by atoms with van der Waals surface area (Å²) < 4.78 is 4.98. The molecule has 2 atom stereocenters. The van der Waals surface area contributed by atoms with Gasteiger partial charge in [0.15, 0.2) is 0 Å². The number of hydrogen-bond acceptors (Lipinski definition) is 4. The molecule has 7 heteroatoms. The second kappa shape index (κ2) is 7.17. The number of carbonyl (C=O) groups excluding carboxylic acids is 1. The molecule has 0 aromatic carbocycles. The van der Waals surface area contributed by atoms with E-state index < -0.39 is 12.1 Å². The van der Waals surface area contributed by atoms with Crippen molar-refractivity contribution in [2.45, 2.75) is 31.4 Å². The smallest absolute Gasteiger partial charge is 0.317 e. The number of amides is 2. The summed E-state index contributed by atoms with van der Waals surface area (Å²) in [5.41, 5.74) is 5.79. The Labute approximate surface area is 106 Å². The lowest BCUT2D eigenvalue weighted by atomic mass is 10.1. The third-order valence-corrected chi connectivity index (χ3v) is 2.96. The number of carboxylic acids is 1. The third kappa shape index (κ3) is 4.89. The van der Waals surface area contributed by atoms with Gasteiger partial charge in [0.25, 0.3) is 0 Å². The van der Waals surface area contributed by atoms with E-state index >= 15 is 0 Å². The van der Waals surface area contributed by atoms with E-state index in [1.165, 1.54) is 7.11 Å². The zero-order valence-electron chi connectivity index (χ0n) is 10.6. The van der Waals surface area contributed by atoms with Gasteiger partial charge in [0.2, 0.25) is 0 Å². The number of carbonyl (C=O) groups is 2. The standard InChI is InChI=1S/C11H21N3O4/c1-18-9(5-10(15)16)6-13-11(17)14-4-2-3-8(12)7-14/h8-9H,2-7,12H2,1H3,(H,13,17)(H,15,16). The molecular weight excluding hydrogens is 238 g/mol. The molecule has 1 aliphatic heterocycles. The Morgan fingerprint density at radius 1 is 1.61 bits per heavy atom. The second-order valence-electron chi connectivity index (χ2n) is 4.49. The van der Waals surface area contributed by atoms with Gasteiger partial charge >= 0.3 is 12.0 Å². The largest absolute Gasteiger partial charge is 0.481 e. The van der Waals surface area contributed by atoms with Gasteiger partial charge in [-0.1, -0.05) is 0 Å². The molecule has 0 aliphatic carbocycles. The number of ether oxygens (including phenoxy) is 1. The molecule has 0 saturated carbocycles. The van der Waals surface area contributed by atoms with Gasteiger partial charge in [-0.2, -0.15) is 0 Å². The van der Waals surface area contributed by atoms with Gasteiger partial charge < -0.3 is 25.8 Å². The summed E-state index contributed by atoms with van der Waals surface area (Å²) in [4.78, 5) is 24.0. The maximum absolute atomic E-state index is 11.8. The molecule has 1 aliphatic rings. The van der Waals surface area contributed by atoms with Crippen molar-refractivity contribution in [3.8, 4) is 0 Å². The number of rotatable bonds is 5. The topological polar surface area (TPSA) is 105 Å². The number of likely N-dealkylation sites (tertiary alicyclic amines) is 1. The van der Waals surface area contributed by atoms with Crippen LogP contribution in [0.4, 0.5) is 4.79 Å². The molecule has 2 amide bonds. The predicted molar refractivity (Wildman–Crippen MR) is 65.2 cm³/mol. The summed E-state index contributed by atoms with van der Waals surface area (Å²) >= 11 is 0.